The quantitative estimate of drug-likeness (QED) is 0.286. The highest BCUT2D eigenvalue weighted by Gasteiger charge is 2.07. The van der Waals surface area contributed by atoms with E-state index in [1.165, 1.54) is 6.08 Å². The number of ether oxygens (including phenoxy) is 2. The van der Waals surface area contributed by atoms with E-state index < -0.39 is 0 Å². The summed E-state index contributed by atoms with van der Waals surface area (Å²) in [6, 6.07) is 31.3. The Morgan fingerprint density at radius 3 is 2.22 bits per heavy atom. The van der Waals surface area contributed by atoms with Crippen molar-refractivity contribution in [1.82, 2.24) is 5.32 Å². The van der Waals surface area contributed by atoms with Gasteiger partial charge in [-0.05, 0) is 77.9 Å². The van der Waals surface area contributed by atoms with Crippen molar-refractivity contribution < 1.29 is 19.1 Å². The second-order valence-corrected chi connectivity index (χ2v) is 7.92. The molecule has 4 aromatic rings. The first-order valence-electron chi connectivity index (χ1n) is 11.4. The maximum absolute atomic E-state index is 12.5. The van der Waals surface area contributed by atoms with Gasteiger partial charge >= 0.3 is 0 Å². The van der Waals surface area contributed by atoms with Gasteiger partial charge in [0.15, 0.2) is 0 Å². The van der Waals surface area contributed by atoms with Crippen molar-refractivity contribution in [3.63, 3.8) is 0 Å². The van der Waals surface area contributed by atoms with E-state index in [-0.39, 0.29) is 11.8 Å². The molecule has 2 N–H and O–H groups in total. The number of carbonyl (C=O) groups is 2. The van der Waals surface area contributed by atoms with Gasteiger partial charge in [0.25, 0.3) is 5.91 Å². The zero-order valence-corrected chi connectivity index (χ0v) is 19.8. The minimum absolute atomic E-state index is 0.211. The summed E-state index contributed by atoms with van der Waals surface area (Å²) in [5.74, 6) is 1.74. The molecule has 0 saturated carbocycles. The smallest absolute Gasteiger partial charge is 0.255 e. The molecule has 4 rings (SSSR count). The molecule has 0 aliphatic rings. The van der Waals surface area contributed by atoms with Gasteiger partial charge < -0.3 is 20.1 Å². The summed E-state index contributed by atoms with van der Waals surface area (Å²) in [5, 5.41) is 5.70. The summed E-state index contributed by atoms with van der Waals surface area (Å²) < 4.78 is 11.0. The maximum Gasteiger partial charge on any atom is 0.255 e. The van der Waals surface area contributed by atoms with E-state index in [1.54, 1.807) is 49.6 Å². The summed E-state index contributed by atoms with van der Waals surface area (Å²) in [7, 11) is 1.59. The zero-order valence-electron chi connectivity index (χ0n) is 19.8. The number of amides is 2. The second kappa shape index (κ2) is 12.0. The van der Waals surface area contributed by atoms with E-state index in [4.69, 9.17) is 9.47 Å². The zero-order chi connectivity index (χ0) is 25.2. The van der Waals surface area contributed by atoms with Crippen molar-refractivity contribution in [2.24, 2.45) is 0 Å². The normalized spacial score (nSPS) is 10.6. The summed E-state index contributed by atoms with van der Waals surface area (Å²) in [6.45, 7) is 0.348. The predicted molar refractivity (Wildman–Crippen MR) is 141 cm³/mol. The molecule has 36 heavy (non-hydrogen) atoms. The Labute approximate surface area is 210 Å². The van der Waals surface area contributed by atoms with Crippen molar-refractivity contribution in [2.45, 2.75) is 6.54 Å². The second-order valence-electron chi connectivity index (χ2n) is 7.92. The summed E-state index contributed by atoms with van der Waals surface area (Å²) in [6.07, 6.45) is 3.22. The van der Waals surface area contributed by atoms with E-state index in [0.717, 1.165) is 22.6 Å². The number of rotatable bonds is 9. The van der Waals surface area contributed by atoms with Crippen molar-refractivity contribution in [3.05, 3.63) is 126 Å². The van der Waals surface area contributed by atoms with Crippen LogP contribution in [0.5, 0.6) is 17.2 Å². The molecule has 0 fully saturated rings. The Kier molecular flexibility index (Phi) is 8.12. The number of carbonyl (C=O) groups excluding carboxylic acids is 2. The molecule has 0 unspecified atom stereocenters. The highest BCUT2D eigenvalue weighted by molar-refractivity contribution is 6.04. The molecular formula is C30H26N2O4. The largest absolute Gasteiger partial charge is 0.497 e. The van der Waals surface area contributed by atoms with Crippen molar-refractivity contribution in [1.29, 1.82) is 0 Å². The Hall–Kier alpha value is -4.84. The molecular weight excluding hydrogens is 452 g/mol. The van der Waals surface area contributed by atoms with Crippen LogP contribution in [0.3, 0.4) is 0 Å². The van der Waals surface area contributed by atoms with Crippen LogP contribution >= 0.6 is 0 Å². The van der Waals surface area contributed by atoms with E-state index in [1.807, 2.05) is 66.7 Å². The van der Waals surface area contributed by atoms with Gasteiger partial charge in [0.1, 0.15) is 17.2 Å². The van der Waals surface area contributed by atoms with Crippen LogP contribution in [0.4, 0.5) is 5.69 Å². The first-order chi connectivity index (χ1) is 17.6. The number of para-hydroxylation sites is 1. The molecule has 0 heterocycles. The van der Waals surface area contributed by atoms with Crippen LogP contribution in [-0.4, -0.2) is 18.9 Å². The molecule has 0 aliphatic heterocycles. The standard InChI is InChI=1S/C30H26N2O4/c1-35-26-17-15-25(16-18-26)32-30(34)24-13-10-23(11-14-24)21-31-29(33)19-12-22-6-5-9-28(20-22)36-27-7-3-2-4-8-27/h2-20H,21H2,1H3,(H,31,33)(H,32,34)/b19-12+. The number of benzene rings is 4. The third kappa shape index (κ3) is 7.08. The van der Waals surface area contributed by atoms with E-state index in [2.05, 4.69) is 10.6 Å². The molecule has 0 atom stereocenters. The van der Waals surface area contributed by atoms with Crippen LogP contribution in [-0.2, 0) is 11.3 Å². The number of hydrogen-bond acceptors (Lipinski definition) is 4. The van der Waals surface area contributed by atoms with E-state index in [9.17, 15) is 9.59 Å². The lowest BCUT2D eigenvalue weighted by atomic mass is 10.1. The van der Waals surface area contributed by atoms with Gasteiger partial charge in [-0.3, -0.25) is 9.59 Å². The number of methoxy groups -OCH3 is 1. The summed E-state index contributed by atoms with van der Waals surface area (Å²) in [5.41, 5.74) is 2.95. The average Bonchev–Trinajstić information content (AvgIpc) is 2.92. The van der Waals surface area contributed by atoms with Gasteiger partial charge in [0, 0.05) is 23.9 Å². The van der Waals surface area contributed by atoms with Gasteiger partial charge in [-0.2, -0.15) is 0 Å². The minimum atomic E-state index is -0.217. The molecule has 6 heteroatoms. The van der Waals surface area contributed by atoms with Crippen LogP contribution in [0.1, 0.15) is 21.5 Å². The molecule has 2 amide bonds. The lowest BCUT2D eigenvalue weighted by Crippen LogP contribution is -2.20. The van der Waals surface area contributed by atoms with Gasteiger partial charge in [-0.25, -0.2) is 0 Å². The molecule has 0 spiro atoms. The Balaban J connectivity index is 1.26. The van der Waals surface area contributed by atoms with Gasteiger partial charge in [-0.1, -0.05) is 42.5 Å². The van der Waals surface area contributed by atoms with Crippen molar-refractivity contribution in [3.8, 4) is 17.2 Å². The Morgan fingerprint density at radius 2 is 1.50 bits per heavy atom. The lowest BCUT2D eigenvalue weighted by Gasteiger charge is -2.08. The van der Waals surface area contributed by atoms with Crippen molar-refractivity contribution >= 4 is 23.6 Å². The highest BCUT2D eigenvalue weighted by Crippen LogP contribution is 2.22. The first kappa shape index (κ1) is 24.3. The van der Waals surface area contributed by atoms with Gasteiger partial charge in [0.2, 0.25) is 5.91 Å². The fourth-order valence-corrected chi connectivity index (χ4v) is 3.38. The van der Waals surface area contributed by atoms with Crippen LogP contribution in [0.15, 0.2) is 109 Å². The average molecular weight is 479 g/mol. The number of anilines is 1. The Bertz CT molecular complexity index is 1330. The summed E-state index contributed by atoms with van der Waals surface area (Å²) in [4.78, 5) is 24.7. The first-order valence-corrected chi connectivity index (χ1v) is 11.4. The van der Waals surface area contributed by atoms with E-state index >= 15 is 0 Å². The molecule has 0 saturated heterocycles. The predicted octanol–water partition coefficient (Wildman–Crippen LogP) is 6.07. The molecule has 0 bridgehead atoms. The maximum atomic E-state index is 12.5. The molecule has 4 aromatic carbocycles. The van der Waals surface area contributed by atoms with Crippen LogP contribution in [0.2, 0.25) is 0 Å². The number of hydrogen-bond donors (Lipinski definition) is 2. The highest BCUT2D eigenvalue weighted by atomic mass is 16.5. The fourth-order valence-electron chi connectivity index (χ4n) is 3.38. The topological polar surface area (TPSA) is 76.7 Å². The van der Waals surface area contributed by atoms with Crippen LogP contribution in [0, 0.1) is 0 Å². The van der Waals surface area contributed by atoms with Crippen molar-refractivity contribution in [2.75, 3.05) is 12.4 Å². The van der Waals surface area contributed by atoms with Gasteiger partial charge in [-0.15, -0.1) is 0 Å². The minimum Gasteiger partial charge on any atom is -0.497 e. The number of nitrogens with one attached hydrogen (secondary N) is 2. The molecule has 0 aliphatic carbocycles. The molecule has 0 aromatic heterocycles. The van der Waals surface area contributed by atoms with Crippen LogP contribution in [0.25, 0.3) is 6.08 Å². The SMILES string of the molecule is COc1ccc(NC(=O)c2ccc(CNC(=O)/C=C/c3cccc(Oc4ccccc4)c3)cc2)cc1. The third-order valence-electron chi connectivity index (χ3n) is 5.29. The molecule has 6 nitrogen and oxygen atoms in total. The lowest BCUT2D eigenvalue weighted by molar-refractivity contribution is -0.116. The van der Waals surface area contributed by atoms with Crippen LogP contribution < -0.4 is 20.1 Å². The van der Waals surface area contributed by atoms with Gasteiger partial charge in [0.05, 0.1) is 7.11 Å². The Morgan fingerprint density at radius 1 is 0.778 bits per heavy atom. The monoisotopic (exact) mass is 478 g/mol. The summed E-state index contributed by atoms with van der Waals surface area (Å²) >= 11 is 0. The fraction of sp³-hybridized carbons (Fsp3) is 0.0667. The molecule has 180 valence electrons. The molecule has 0 radical (unpaired) electrons. The third-order valence-corrected chi connectivity index (χ3v) is 5.29. The van der Waals surface area contributed by atoms with E-state index in [0.29, 0.717) is 23.5 Å².